The summed E-state index contributed by atoms with van der Waals surface area (Å²) in [6.45, 7) is 7.55. The molecule has 0 aliphatic rings. The molecule has 0 aromatic heterocycles. The van der Waals surface area contributed by atoms with Gasteiger partial charge in [0.1, 0.15) is 0 Å². The van der Waals surface area contributed by atoms with Crippen LogP contribution in [0.15, 0.2) is 84.9 Å². The summed E-state index contributed by atoms with van der Waals surface area (Å²) in [6, 6.07) is 20.3. The van der Waals surface area contributed by atoms with Gasteiger partial charge in [-0.2, -0.15) is 26.3 Å². The lowest BCUT2D eigenvalue weighted by Crippen LogP contribution is -2.24. The van der Waals surface area contributed by atoms with Crippen LogP contribution in [0.2, 0.25) is 0 Å². The van der Waals surface area contributed by atoms with E-state index in [-0.39, 0.29) is 39.7 Å². The Labute approximate surface area is 289 Å². The molecule has 0 radical (unpaired) electrons. The Bertz CT molecular complexity index is 1640. The normalized spacial score (nSPS) is 12.3. The van der Waals surface area contributed by atoms with Gasteiger partial charge in [0, 0.05) is 25.3 Å². The van der Waals surface area contributed by atoms with E-state index in [9.17, 15) is 36.2 Å². The Morgan fingerprint density at radius 1 is 0.700 bits per heavy atom. The van der Waals surface area contributed by atoms with Crippen molar-refractivity contribution in [2.24, 2.45) is 0 Å². The average molecular weight is 700 g/mol. The van der Waals surface area contributed by atoms with E-state index >= 15 is 0 Å². The summed E-state index contributed by atoms with van der Waals surface area (Å²) in [5, 5.41) is 12.7. The minimum atomic E-state index is -4.64. The first-order valence-electron chi connectivity index (χ1n) is 16.7. The lowest BCUT2D eigenvalue weighted by molar-refractivity contribution is -0.138. The van der Waals surface area contributed by atoms with Crippen molar-refractivity contribution < 1.29 is 41.0 Å². The SMILES string of the molecule is CC(C)(C)c1ccc(COCCCCCCNC(=O)c2cc(-c3cccc(C(F)(F)F)c3)c(CCO)c(-c3cccc(C(F)(F)F)c3)c2)cc1. The molecular weight excluding hydrogens is 656 g/mol. The third-order valence-corrected chi connectivity index (χ3v) is 8.47. The molecule has 4 aromatic carbocycles. The third kappa shape index (κ3) is 10.7. The molecule has 0 unspecified atom stereocenters. The lowest BCUT2D eigenvalue weighted by atomic mass is 9.87. The smallest absolute Gasteiger partial charge is 0.396 e. The molecule has 50 heavy (non-hydrogen) atoms. The molecule has 2 N–H and O–H groups in total. The van der Waals surface area contributed by atoms with E-state index in [1.54, 1.807) is 0 Å². The Hall–Kier alpha value is -4.15. The van der Waals surface area contributed by atoms with Crippen LogP contribution in [0.3, 0.4) is 0 Å². The van der Waals surface area contributed by atoms with Gasteiger partial charge in [0.25, 0.3) is 5.91 Å². The summed E-state index contributed by atoms with van der Waals surface area (Å²) < 4.78 is 87.6. The van der Waals surface area contributed by atoms with Gasteiger partial charge < -0.3 is 15.2 Å². The zero-order valence-corrected chi connectivity index (χ0v) is 28.5. The first-order chi connectivity index (χ1) is 23.6. The number of hydrogen-bond acceptors (Lipinski definition) is 3. The topological polar surface area (TPSA) is 58.6 Å². The van der Waals surface area contributed by atoms with Gasteiger partial charge in [-0.1, -0.05) is 82.1 Å². The van der Waals surface area contributed by atoms with Crippen molar-refractivity contribution >= 4 is 5.91 Å². The number of alkyl halides is 6. The number of nitrogens with one attached hydrogen (secondary N) is 1. The van der Waals surface area contributed by atoms with E-state index in [2.05, 4.69) is 50.4 Å². The number of carbonyl (C=O) groups is 1. The fourth-order valence-corrected chi connectivity index (χ4v) is 5.70. The Morgan fingerprint density at radius 2 is 1.24 bits per heavy atom. The number of hydrogen-bond donors (Lipinski definition) is 2. The highest BCUT2D eigenvalue weighted by Crippen LogP contribution is 2.39. The number of halogens is 6. The van der Waals surface area contributed by atoms with E-state index in [1.807, 2.05) is 0 Å². The van der Waals surface area contributed by atoms with Crippen molar-refractivity contribution in [2.45, 2.75) is 77.2 Å². The molecule has 0 saturated carbocycles. The van der Waals surface area contributed by atoms with Crippen molar-refractivity contribution in [1.29, 1.82) is 0 Å². The second kappa shape index (κ2) is 16.7. The maximum absolute atomic E-state index is 13.6. The molecule has 0 aliphatic carbocycles. The zero-order chi connectivity index (χ0) is 36.5. The van der Waals surface area contributed by atoms with E-state index in [0.29, 0.717) is 31.7 Å². The molecule has 4 nitrogen and oxygen atoms in total. The minimum absolute atomic E-state index is 0.0632. The number of carbonyl (C=O) groups excluding carboxylic acids is 1. The maximum atomic E-state index is 13.6. The molecule has 0 saturated heterocycles. The average Bonchev–Trinajstić information content (AvgIpc) is 3.06. The summed E-state index contributed by atoms with van der Waals surface area (Å²) in [5.41, 5.74) is 1.71. The van der Waals surface area contributed by atoms with Crippen LogP contribution in [0.1, 0.15) is 84.6 Å². The minimum Gasteiger partial charge on any atom is -0.396 e. The van der Waals surface area contributed by atoms with Crippen LogP contribution in [0.25, 0.3) is 22.3 Å². The van der Waals surface area contributed by atoms with Gasteiger partial charge in [-0.25, -0.2) is 0 Å². The van der Waals surface area contributed by atoms with Crippen LogP contribution in [0, 0.1) is 0 Å². The van der Waals surface area contributed by atoms with Crippen LogP contribution in [-0.2, 0) is 35.5 Å². The Morgan fingerprint density at radius 3 is 1.74 bits per heavy atom. The molecule has 1 amide bonds. The van der Waals surface area contributed by atoms with E-state index in [0.717, 1.165) is 49.1 Å². The van der Waals surface area contributed by atoms with Crippen molar-refractivity contribution in [1.82, 2.24) is 5.32 Å². The van der Waals surface area contributed by atoms with Gasteiger partial charge in [0.2, 0.25) is 0 Å². The summed E-state index contributed by atoms with van der Waals surface area (Å²) in [6.07, 6.45) is -6.12. The summed E-state index contributed by atoms with van der Waals surface area (Å²) >= 11 is 0. The second-order valence-corrected chi connectivity index (χ2v) is 13.4. The number of aliphatic hydroxyl groups is 1. The first kappa shape index (κ1) is 38.6. The predicted molar refractivity (Wildman–Crippen MR) is 184 cm³/mol. The number of benzene rings is 4. The highest BCUT2D eigenvalue weighted by atomic mass is 19.4. The summed E-state index contributed by atoms with van der Waals surface area (Å²) in [7, 11) is 0. The molecule has 4 aromatic rings. The van der Waals surface area contributed by atoms with Crippen molar-refractivity contribution in [2.75, 3.05) is 19.8 Å². The second-order valence-electron chi connectivity index (χ2n) is 13.4. The molecule has 0 atom stereocenters. The Balaban J connectivity index is 1.44. The molecule has 0 spiro atoms. The van der Waals surface area contributed by atoms with Gasteiger partial charge in [-0.3, -0.25) is 4.79 Å². The van der Waals surface area contributed by atoms with E-state index in [4.69, 9.17) is 4.74 Å². The Kier molecular flexibility index (Phi) is 12.9. The third-order valence-electron chi connectivity index (χ3n) is 8.47. The fourth-order valence-electron chi connectivity index (χ4n) is 5.70. The number of rotatable bonds is 14. The summed E-state index contributed by atoms with van der Waals surface area (Å²) in [4.78, 5) is 13.4. The van der Waals surface area contributed by atoms with E-state index in [1.165, 1.54) is 42.0 Å². The van der Waals surface area contributed by atoms with Gasteiger partial charge in [0.05, 0.1) is 17.7 Å². The van der Waals surface area contributed by atoms with Crippen LogP contribution in [-0.4, -0.2) is 30.8 Å². The fraction of sp³-hybridized carbons (Fsp3) is 0.375. The van der Waals surface area contributed by atoms with Crippen molar-refractivity contribution in [3.8, 4) is 22.3 Å². The van der Waals surface area contributed by atoms with Crippen molar-refractivity contribution in [3.63, 3.8) is 0 Å². The zero-order valence-electron chi connectivity index (χ0n) is 28.5. The van der Waals surface area contributed by atoms with Gasteiger partial charge >= 0.3 is 12.4 Å². The molecule has 10 heteroatoms. The molecule has 0 fully saturated rings. The highest BCUT2D eigenvalue weighted by molar-refractivity contribution is 5.98. The van der Waals surface area contributed by atoms with Gasteiger partial charge in [0.15, 0.2) is 0 Å². The monoisotopic (exact) mass is 699 g/mol. The molecular formula is C40H43F6NO3. The quantitative estimate of drug-likeness (QED) is 0.102. The molecule has 0 bridgehead atoms. The lowest BCUT2D eigenvalue weighted by Gasteiger charge is -2.19. The predicted octanol–water partition coefficient (Wildman–Crippen LogP) is 10.4. The molecule has 0 aliphatic heterocycles. The van der Waals surface area contributed by atoms with Crippen LogP contribution >= 0.6 is 0 Å². The van der Waals surface area contributed by atoms with Gasteiger partial charge in [-0.15, -0.1) is 0 Å². The summed E-state index contributed by atoms with van der Waals surface area (Å²) in [5.74, 6) is -0.511. The van der Waals surface area contributed by atoms with Crippen molar-refractivity contribution in [3.05, 3.63) is 118 Å². The molecule has 0 heterocycles. The molecule has 268 valence electrons. The van der Waals surface area contributed by atoms with Crippen LogP contribution in [0.4, 0.5) is 26.3 Å². The maximum Gasteiger partial charge on any atom is 0.416 e. The molecule has 4 rings (SSSR count). The number of ether oxygens (including phenoxy) is 1. The van der Waals surface area contributed by atoms with Crippen LogP contribution in [0.5, 0.6) is 0 Å². The highest BCUT2D eigenvalue weighted by Gasteiger charge is 2.32. The number of unbranched alkanes of at least 4 members (excludes halogenated alkanes) is 3. The van der Waals surface area contributed by atoms with Gasteiger partial charge in [-0.05, 0) is 100 Å². The van der Waals surface area contributed by atoms with E-state index < -0.39 is 36.0 Å². The van der Waals surface area contributed by atoms with Crippen LogP contribution < -0.4 is 5.32 Å². The largest absolute Gasteiger partial charge is 0.416 e. The number of aliphatic hydroxyl groups excluding tert-OH is 1. The standard InChI is InChI=1S/C40H43F6NO3/c1-38(2,3)31-16-14-27(15-17-31)26-50-21-7-5-4-6-19-47-37(49)30-24-35(28-10-8-12-32(22-28)39(41,42)43)34(18-20-48)36(25-30)29-11-9-13-33(23-29)40(44,45)46/h8-17,22-25,48H,4-7,18-21,26H2,1-3H3,(H,47,49). The number of amides is 1. The first-order valence-corrected chi connectivity index (χ1v) is 16.7.